The second kappa shape index (κ2) is 16.8. The molecule has 18 nitrogen and oxygen atoms in total. The van der Waals surface area contributed by atoms with Crippen LogP contribution in [0.15, 0.2) is 64.5 Å². The zero-order chi connectivity index (χ0) is 45.7. The quantitative estimate of drug-likeness (QED) is 0.149. The number of hydrogen-bond donors (Lipinski definition) is 4. The smallest absolute Gasteiger partial charge is 0.472 e. The van der Waals surface area contributed by atoms with Gasteiger partial charge in [0.2, 0.25) is 0 Å². The van der Waals surface area contributed by atoms with E-state index in [0.717, 1.165) is 6.92 Å². The van der Waals surface area contributed by atoms with Crippen molar-refractivity contribution in [3.63, 3.8) is 0 Å². The van der Waals surface area contributed by atoms with E-state index in [0.29, 0.717) is 0 Å². The number of Topliss-reactive ketones (excluding diaryl/α,β-unsaturated/α-hetero) is 1. The summed E-state index contributed by atoms with van der Waals surface area (Å²) in [5.41, 5.74) is -8.85. The van der Waals surface area contributed by atoms with E-state index in [-0.39, 0.29) is 41.9 Å². The molecule has 18 heteroatoms. The number of alkyl carbamates (subject to hydrolysis) is 1. The number of carbonyl (C=O) groups excluding carboxylic acids is 6. The number of furan rings is 1. The molecule has 62 heavy (non-hydrogen) atoms. The Morgan fingerprint density at radius 3 is 2.26 bits per heavy atom. The Labute approximate surface area is 358 Å². The van der Waals surface area contributed by atoms with Gasteiger partial charge in [0, 0.05) is 30.7 Å². The molecular formula is C44H55NO17. The van der Waals surface area contributed by atoms with Crippen LogP contribution >= 0.6 is 0 Å². The number of rotatable bonds is 10. The van der Waals surface area contributed by atoms with Crippen LogP contribution in [0, 0.1) is 16.7 Å². The van der Waals surface area contributed by atoms with Crippen LogP contribution in [0.2, 0.25) is 0 Å². The average Bonchev–Trinajstić information content (AvgIpc) is 3.72. The lowest BCUT2D eigenvalue weighted by atomic mass is 9.44. The molecule has 0 spiro atoms. The Kier molecular flexibility index (Phi) is 12.5. The van der Waals surface area contributed by atoms with E-state index >= 15 is 4.79 Å². The van der Waals surface area contributed by atoms with Crippen molar-refractivity contribution in [1.29, 1.82) is 0 Å². The van der Waals surface area contributed by atoms with E-state index < -0.39 is 119 Å². The van der Waals surface area contributed by atoms with Gasteiger partial charge in [0.15, 0.2) is 23.6 Å². The number of hydrogen-bond acceptors (Lipinski definition) is 17. The van der Waals surface area contributed by atoms with E-state index in [1.54, 1.807) is 39.0 Å². The largest absolute Gasteiger partial charge is 0.509 e. The van der Waals surface area contributed by atoms with Gasteiger partial charge in [0.1, 0.15) is 29.5 Å². The minimum Gasteiger partial charge on any atom is -0.472 e. The first-order chi connectivity index (χ1) is 28.9. The average molecular weight is 870 g/mol. The Morgan fingerprint density at radius 2 is 1.69 bits per heavy atom. The molecule has 1 aromatic carbocycles. The Hall–Kier alpha value is -5.30. The number of ether oxygens (including phenoxy) is 7. The Bertz CT molecular complexity index is 2090. The molecule has 2 heterocycles. The van der Waals surface area contributed by atoms with Crippen molar-refractivity contribution in [2.75, 3.05) is 13.2 Å². The molecule has 3 aliphatic carbocycles. The number of aliphatic hydroxyl groups is 3. The van der Waals surface area contributed by atoms with Gasteiger partial charge in [-0.3, -0.25) is 9.59 Å². The number of amides is 1. The van der Waals surface area contributed by atoms with Crippen molar-refractivity contribution in [3.05, 3.63) is 71.2 Å². The van der Waals surface area contributed by atoms with Crippen molar-refractivity contribution < 1.29 is 81.7 Å². The van der Waals surface area contributed by atoms with E-state index in [9.17, 15) is 39.3 Å². The zero-order valence-corrected chi connectivity index (χ0v) is 36.1. The van der Waals surface area contributed by atoms with Gasteiger partial charge in [0.25, 0.3) is 0 Å². The highest BCUT2D eigenvalue weighted by atomic mass is 16.7. The van der Waals surface area contributed by atoms with Gasteiger partial charge < -0.3 is 58.2 Å². The highest BCUT2D eigenvalue weighted by molar-refractivity contribution is 5.95. The first-order valence-corrected chi connectivity index (χ1v) is 20.4. The Morgan fingerprint density at radius 1 is 1.02 bits per heavy atom. The summed E-state index contributed by atoms with van der Waals surface area (Å²) in [7, 11) is 0. The summed E-state index contributed by atoms with van der Waals surface area (Å²) < 4.78 is 45.8. The molecule has 1 aromatic heterocycles. The lowest BCUT2D eigenvalue weighted by Crippen LogP contribution is -2.82. The van der Waals surface area contributed by atoms with Crippen LogP contribution in [-0.4, -0.2) is 118 Å². The lowest BCUT2D eigenvalue weighted by Gasteiger charge is -2.67. The van der Waals surface area contributed by atoms with E-state index in [4.69, 9.17) is 37.6 Å². The maximum absolute atomic E-state index is 15.6. The number of esters is 3. The Balaban J connectivity index is 1.55. The molecule has 1 saturated heterocycles. The predicted molar refractivity (Wildman–Crippen MR) is 212 cm³/mol. The van der Waals surface area contributed by atoms with Gasteiger partial charge in [-0.05, 0) is 70.9 Å². The topological polar surface area (TPSA) is 253 Å². The molecule has 11 atom stereocenters. The molecule has 2 saturated carbocycles. The van der Waals surface area contributed by atoms with Gasteiger partial charge in [-0.2, -0.15) is 0 Å². The number of ketones is 1. The maximum atomic E-state index is 15.6. The standard InChI is InChI=1S/C44H55NO17/c1-10-56-39(53)59-32-29-22(2)26(58-37(51)31(48)30(25-16-17-55-20-25)45-38(52)62-40(4,5)6)19-44(54,41(29,7)8)35(60-36(50)24-14-12-11-13-15-24)33-42(9,34(32)49)27(47)18-28-43(33,21-57-28)61-23(3)46/h11-17,20,26-28,30-33,35,47-48,54H,10,18-19,21H2,1-9H3,(H,45,52)/t26-,27-,28+,30-,31+,32+,33?,35-,42+,43-,44+/m0/s1. The van der Waals surface area contributed by atoms with Gasteiger partial charge >= 0.3 is 30.2 Å². The first kappa shape index (κ1) is 46.2. The molecule has 2 aromatic rings. The summed E-state index contributed by atoms with van der Waals surface area (Å²) in [6.07, 6.45) is -10.9. The lowest BCUT2D eigenvalue weighted by molar-refractivity contribution is -0.346. The van der Waals surface area contributed by atoms with E-state index in [1.807, 2.05) is 0 Å². The fraction of sp³-hybridized carbons (Fsp3) is 0.591. The summed E-state index contributed by atoms with van der Waals surface area (Å²) in [5, 5.41) is 39.8. The van der Waals surface area contributed by atoms with Gasteiger partial charge in [-0.15, -0.1) is 0 Å². The third-order valence-corrected chi connectivity index (χ3v) is 12.8. The van der Waals surface area contributed by atoms with Gasteiger partial charge in [-0.1, -0.05) is 32.0 Å². The van der Waals surface area contributed by atoms with Crippen LogP contribution in [0.25, 0.3) is 0 Å². The summed E-state index contributed by atoms with van der Waals surface area (Å²) in [5.74, 6) is -5.62. The monoisotopic (exact) mass is 869 g/mol. The van der Waals surface area contributed by atoms with Crippen molar-refractivity contribution >= 4 is 35.9 Å². The molecule has 1 amide bonds. The summed E-state index contributed by atoms with van der Waals surface area (Å²) >= 11 is 0. The molecule has 338 valence electrons. The molecule has 2 bridgehead atoms. The van der Waals surface area contributed by atoms with Crippen LogP contribution in [0.3, 0.4) is 0 Å². The molecule has 1 aliphatic heterocycles. The zero-order valence-electron chi connectivity index (χ0n) is 36.1. The molecule has 3 fully saturated rings. The fourth-order valence-electron chi connectivity index (χ4n) is 9.68. The first-order valence-electron chi connectivity index (χ1n) is 20.4. The molecule has 1 unspecified atom stereocenters. The van der Waals surface area contributed by atoms with Crippen molar-refractivity contribution in [3.8, 4) is 0 Å². The maximum Gasteiger partial charge on any atom is 0.509 e. The highest BCUT2D eigenvalue weighted by Gasteiger charge is 2.78. The second-order valence-electron chi connectivity index (χ2n) is 18.0. The van der Waals surface area contributed by atoms with Crippen LogP contribution in [0.4, 0.5) is 9.59 Å². The van der Waals surface area contributed by atoms with Crippen molar-refractivity contribution in [2.45, 2.75) is 135 Å². The summed E-state index contributed by atoms with van der Waals surface area (Å²) in [6.45, 7) is 12.9. The number of fused-ring (bicyclic) bond motifs is 5. The second-order valence-corrected chi connectivity index (χ2v) is 18.0. The fourth-order valence-corrected chi connectivity index (χ4v) is 9.68. The number of benzene rings is 1. The molecule has 4 aliphatic rings. The van der Waals surface area contributed by atoms with E-state index in [1.165, 1.54) is 65.3 Å². The SMILES string of the molecule is CCOC(=O)O[C@H]1C(=O)[C@@]2(C)C([C@H](OC(=O)c3ccccc3)[C@]3(O)C[C@H](OC(=O)[C@H](O)[C@@H](NC(=O)OC(C)(C)C)c4ccoc4)C(C)=C1C3(C)C)[C@]1(OC(C)=O)CO[C@@H]1C[C@@H]2O. The molecular weight excluding hydrogens is 814 g/mol. The molecule has 0 radical (unpaired) electrons. The highest BCUT2D eigenvalue weighted by Crippen LogP contribution is 2.64. The minimum absolute atomic E-state index is 0.0449. The number of nitrogens with one attached hydrogen (secondary N) is 1. The van der Waals surface area contributed by atoms with Crippen LogP contribution in [0.5, 0.6) is 0 Å². The van der Waals surface area contributed by atoms with Gasteiger partial charge in [-0.25, -0.2) is 19.2 Å². The van der Waals surface area contributed by atoms with E-state index in [2.05, 4.69) is 5.32 Å². The van der Waals surface area contributed by atoms with Crippen LogP contribution in [0.1, 0.15) is 97.1 Å². The normalized spacial score (nSPS) is 32.2. The van der Waals surface area contributed by atoms with Gasteiger partial charge in [0.05, 0.1) is 54.8 Å². The van der Waals surface area contributed by atoms with Crippen molar-refractivity contribution in [2.24, 2.45) is 16.7 Å². The third kappa shape index (κ3) is 7.97. The van der Waals surface area contributed by atoms with Crippen molar-refractivity contribution in [1.82, 2.24) is 5.32 Å². The molecule has 4 N–H and O–H groups in total. The number of carbonyl (C=O) groups is 6. The number of aliphatic hydroxyl groups excluding tert-OH is 2. The molecule has 6 rings (SSSR count). The summed E-state index contributed by atoms with van der Waals surface area (Å²) in [4.78, 5) is 83.3. The minimum atomic E-state index is -2.45. The summed E-state index contributed by atoms with van der Waals surface area (Å²) in [6, 6.07) is 7.67. The third-order valence-electron chi connectivity index (χ3n) is 12.8. The van der Waals surface area contributed by atoms with Crippen LogP contribution < -0.4 is 5.32 Å². The van der Waals surface area contributed by atoms with Crippen LogP contribution in [-0.2, 0) is 47.5 Å². The predicted octanol–water partition coefficient (Wildman–Crippen LogP) is 4.03.